The van der Waals surface area contributed by atoms with Crippen molar-refractivity contribution in [2.24, 2.45) is 0 Å². The smallest absolute Gasteiger partial charge is 0.175 e. The number of aliphatic hydroxyl groups is 1. The number of sulfone groups is 1. The van der Waals surface area contributed by atoms with Crippen molar-refractivity contribution in [1.82, 2.24) is 0 Å². The molecule has 0 aliphatic carbocycles. The van der Waals surface area contributed by atoms with Crippen LogP contribution in [0.3, 0.4) is 0 Å². The fourth-order valence-electron chi connectivity index (χ4n) is 2.36. The Morgan fingerprint density at radius 3 is 2.04 bits per heavy atom. The van der Waals surface area contributed by atoms with E-state index in [-0.39, 0.29) is 4.90 Å². The quantitative estimate of drug-likeness (QED) is 0.803. The van der Waals surface area contributed by atoms with Gasteiger partial charge < -0.3 is 9.84 Å². The average molecular weight is 413 g/mol. The average Bonchev–Trinajstić information content (AvgIpc) is 2.41. The Labute approximate surface area is 151 Å². The molecule has 1 N–H and O–H groups in total. The van der Waals surface area contributed by atoms with Crippen LogP contribution in [0, 0.1) is 13.8 Å². The molecule has 0 aromatic heterocycles. The summed E-state index contributed by atoms with van der Waals surface area (Å²) in [5, 5.41) is 10.1. The van der Waals surface area contributed by atoms with E-state index in [0.717, 1.165) is 16.7 Å². The fraction of sp³-hybridized carbons (Fsp3) is 0.333. The molecule has 6 heteroatoms. The Morgan fingerprint density at radius 2 is 1.62 bits per heavy atom. The fourth-order valence-corrected chi connectivity index (χ4v) is 3.60. The SMILES string of the molecule is Cc1cc(S(C)(=O)=O)cc(C)c1Oc1ccc(C(C)(C)O)cc1Br. The maximum Gasteiger partial charge on any atom is 0.175 e. The van der Waals surface area contributed by atoms with Crippen LogP contribution in [-0.4, -0.2) is 19.8 Å². The van der Waals surface area contributed by atoms with Gasteiger partial charge in [0.1, 0.15) is 11.5 Å². The first-order valence-electron chi connectivity index (χ1n) is 7.41. The largest absolute Gasteiger partial charge is 0.456 e. The van der Waals surface area contributed by atoms with Crippen LogP contribution >= 0.6 is 15.9 Å². The molecule has 0 heterocycles. The van der Waals surface area contributed by atoms with E-state index in [2.05, 4.69) is 15.9 Å². The third-order valence-corrected chi connectivity index (χ3v) is 5.42. The lowest BCUT2D eigenvalue weighted by atomic mass is 9.98. The van der Waals surface area contributed by atoms with Crippen molar-refractivity contribution < 1.29 is 18.3 Å². The third-order valence-electron chi connectivity index (χ3n) is 3.71. The first kappa shape index (κ1) is 19.0. The summed E-state index contributed by atoms with van der Waals surface area (Å²) in [5.41, 5.74) is 1.31. The number of benzene rings is 2. The van der Waals surface area contributed by atoms with E-state index in [0.29, 0.717) is 16.0 Å². The van der Waals surface area contributed by atoms with Crippen molar-refractivity contribution in [3.63, 3.8) is 0 Å². The van der Waals surface area contributed by atoms with Gasteiger partial charge in [-0.2, -0.15) is 0 Å². The topological polar surface area (TPSA) is 63.6 Å². The van der Waals surface area contributed by atoms with Crippen molar-refractivity contribution in [1.29, 1.82) is 0 Å². The zero-order valence-corrected chi connectivity index (χ0v) is 16.7. The van der Waals surface area contributed by atoms with Gasteiger partial charge in [0.15, 0.2) is 9.84 Å². The summed E-state index contributed by atoms with van der Waals surface area (Å²) in [6.45, 7) is 7.06. The molecule has 4 nitrogen and oxygen atoms in total. The molecular formula is C18H21BrO4S. The first-order valence-corrected chi connectivity index (χ1v) is 10.1. The van der Waals surface area contributed by atoms with Crippen LogP contribution in [-0.2, 0) is 15.4 Å². The minimum Gasteiger partial charge on any atom is -0.456 e. The Bertz CT molecular complexity index is 857. The van der Waals surface area contributed by atoms with Gasteiger partial charge in [-0.05, 0) is 84.6 Å². The Balaban J connectivity index is 2.42. The minimum atomic E-state index is -3.26. The van der Waals surface area contributed by atoms with Crippen molar-refractivity contribution in [2.45, 2.75) is 38.2 Å². The number of rotatable bonds is 4. The lowest BCUT2D eigenvalue weighted by Gasteiger charge is -2.20. The molecule has 130 valence electrons. The normalized spacial score (nSPS) is 12.3. The molecular weight excluding hydrogens is 392 g/mol. The molecule has 0 atom stereocenters. The second kappa shape index (κ2) is 6.50. The number of hydrogen-bond acceptors (Lipinski definition) is 4. The van der Waals surface area contributed by atoms with Crippen LogP contribution in [0.4, 0.5) is 0 Å². The van der Waals surface area contributed by atoms with Crippen molar-refractivity contribution in [2.75, 3.05) is 6.26 Å². The maximum atomic E-state index is 11.7. The van der Waals surface area contributed by atoms with Gasteiger partial charge in [-0.25, -0.2) is 8.42 Å². The van der Waals surface area contributed by atoms with Crippen LogP contribution in [0.2, 0.25) is 0 Å². The van der Waals surface area contributed by atoms with E-state index in [4.69, 9.17) is 4.74 Å². The zero-order valence-electron chi connectivity index (χ0n) is 14.3. The number of aryl methyl sites for hydroxylation is 2. The van der Waals surface area contributed by atoms with Gasteiger partial charge in [0.25, 0.3) is 0 Å². The molecule has 0 saturated heterocycles. The molecule has 0 bridgehead atoms. The number of hydrogen-bond donors (Lipinski definition) is 1. The highest BCUT2D eigenvalue weighted by Crippen LogP contribution is 2.36. The monoisotopic (exact) mass is 412 g/mol. The highest BCUT2D eigenvalue weighted by molar-refractivity contribution is 9.10. The van der Waals surface area contributed by atoms with E-state index in [9.17, 15) is 13.5 Å². The van der Waals surface area contributed by atoms with Crippen molar-refractivity contribution >= 4 is 25.8 Å². The molecule has 24 heavy (non-hydrogen) atoms. The van der Waals surface area contributed by atoms with Gasteiger partial charge in [0.2, 0.25) is 0 Å². The van der Waals surface area contributed by atoms with Crippen molar-refractivity contribution in [3.05, 3.63) is 51.5 Å². The molecule has 2 aromatic carbocycles. The summed E-state index contributed by atoms with van der Waals surface area (Å²) in [6.07, 6.45) is 1.19. The first-order chi connectivity index (χ1) is 10.9. The standard InChI is InChI=1S/C18H21BrO4S/c1-11-8-14(24(5,21)22)9-12(2)17(11)23-16-7-6-13(10-15(16)19)18(3,4)20/h6-10,20H,1-5H3. The van der Waals surface area contributed by atoms with E-state index < -0.39 is 15.4 Å². The molecule has 0 spiro atoms. The highest BCUT2D eigenvalue weighted by atomic mass is 79.9. The molecule has 0 unspecified atom stereocenters. The minimum absolute atomic E-state index is 0.279. The lowest BCUT2D eigenvalue weighted by molar-refractivity contribution is 0.0785. The summed E-state index contributed by atoms with van der Waals surface area (Å²) in [6, 6.07) is 8.61. The van der Waals surface area contributed by atoms with Crippen LogP contribution < -0.4 is 4.74 Å². The van der Waals surface area contributed by atoms with E-state index in [1.165, 1.54) is 6.26 Å². The molecule has 0 fully saturated rings. The predicted octanol–water partition coefficient (Wildman–Crippen LogP) is 4.49. The predicted molar refractivity (Wildman–Crippen MR) is 98.5 cm³/mol. The second-order valence-corrected chi connectivity index (χ2v) is 9.33. The molecule has 0 aliphatic heterocycles. The molecule has 0 radical (unpaired) electrons. The summed E-state index contributed by atoms with van der Waals surface area (Å²) < 4.78 is 30.1. The Kier molecular flexibility index (Phi) is 5.14. The van der Waals surface area contributed by atoms with Gasteiger partial charge in [0, 0.05) is 6.26 Å². The maximum absolute atomic E-state index is 11.7. The molecule has 0 amide bonds. The second-order valence-electron chi connectivity index (χ2n) is 6.46. The number of ether oxygens (including phenoxy) is 1. The van der Waals surface area contributed by atoms with Crippen molar-refractivity contribution in [3.8, 4) is 11.5 Å². The lowest BCUT2D eigenvalue weighted by Crippen LogP contribution is -2.15. The van der Waals surface area contributed by atoms with Crippen LogP contribution in [0.5, 0.6) is 11.5 Å². The molecule has 0 saturated carbocycles. The van der Waals surface area contributed by atoms with Gasteiger partial charge >= 0.3 is 0 Å². The Morgan fingerprint density at radius 1 is 1.08 bits per heavy atom. The van der Waals surface area contributed by atoms with E-state index >= 15 is 0 Å². The van der Waals surface area contributed by atoms with Crippen LogP contribution in [0.15, 0.2) is 39.7 Å². The zero-order chi connectivity index (χ0) is 18.3. The molecule has 2 aromatic rings. The van der Waals surface area contributed by atoms with Crippen LogP contribution in [0.1, 0.15) is 30.5 Å². The highest BCUT2D eigenvalue weighted by Gasteiger charge is 2.19. The van der Waals surface area contributed by atoms with E-state index in [1.807, 2.05) is 19.9 Å². The van der Waals surface area contributed by atoms with Gasteiger partial charge in [-0.1, -0.05) is 6.07 Å². The third kappa shape index (κ3) is 4.18. The van der Waals surface area contributed by atoms with E-state index in [1.54, 1.807) is 38.1 Å². The van der Waals surface area contributed by atoms with Gasteiger partial charge in [0.05, 0.1) is 15.0 Å². The van der Waals surface area contributed by atoms with Crippen LogP contribution in [0.25, 0.3) is 0 Å². The summed E-state index contributed by atoms with van der Waals surface area (Å²) >= 11 is 3.46. The molecule has 0 aliphatic rings. The van der Waals surface area contributed by atoms with Gasteiger partial charge in [-0.15, -0.1) is 0 Å². The summed E-state index contributed by atoms with van der Waals surface area (Å²) in [5.74, 6) is 1.22. The molecule has 2 rings (SSSR count). The summed E-state index contributed by atoms with van der Waals surface area (Å²) in [4.78, 5) is 0.279. The Hall–Kier alpha value is -1.37. The number of halogens is 1. The summed E-state index contributed by atoms with van der Waals surface area (Å²) in [7, 11) is -3.26. The van der Waals surface area contributed by atoms with Gasteiger partial charge in [-0.3, -0.25) is 0 Å².